The molecule has 1 unspecified atom stereocenters. The molecule has 0 amide bonds. The SMILES string of the molecule is CC(C)CC(CO)NCC1CCCCC1. The van der Waals surface area contributed by atoms with Gasteiger partial charge in [0.1, 0.15) is 0 Å². The van der Waals surface area contributed by atoms with Gasteiger partial charge in [-0.3, -0.25) is 0 Å². The lowest BCUT2D eigenvalue weighted by atomic mass is 9.89. The van der Waals surface area contributed by atoms with Crippen LogP contribution in [0.4, 0.5) is 0 Å². The molecular weight excluding hydrogens is 186 g/mol. The van der Waals surface area contributed by atoms with Crippen LogP contribution in [0.25, 0.3) is 0 Å². The van der Waals surface area contributed by atoms with Gasteiger partial charge in [0.15, 0.2) is 0 Å². The van der Waals surface area contributed by atoms with Crippen molar-refractivity contribution in [2.75, 3.05) is 13.2 Å². The van der Waals surface area contributed by atoms with E-state index in [1.165, 1.54) is 32.1 Å². The highest BCUT2D eigenvalue weighted by Gasteiger charge is 2.15. The zero-order chi connectivity index (χ0) is 11.1. The third kappa shape index (κ3) is 5.53. The first-order valence-corrected chi connectivity index (χ1v) is 6.56. The zero-order valence-corrected chi connectivity index (χ0v) is 10.3. The number of rotatable bonds is 6. The van der Waals surface area contributed by atoms with E-state index in [0.717, 1.165) is 18.9 Å². The monoisotopic (exact) mass is 213 g/mol. The Kier molecular flexibility index (Phi) is 6.26. The molecule has 1 aliphatic carbocycles. The number of nitrogens with one attached hydrogen (secondary N) is 1. The van der Waals surface area contributed by atoms with E-state index in [1.807, 2.05) is 0 Å². The minimum absolute atomic E-state index is 0.283. The van der Waals surface area contributed by atoms with Crippen LogP contribution in [0, 0.1) is 11.8 Å². The minimum atomic E-state index is 0.283. The second kappa shape index (κ2) is 7.24. The fourth-order valence-corrected chi connectivity index (χ4v) is 2.52. The second-order valence-electron chi connectivity index (χ2n) is 5.42. The summed E-state index contributed by atoms with van der Waals surface area (Å²) in [6.07, 6.45) is 8.08. The van der Waals surface area contributed by atoms with Gasteiger partial charge in [0.2, 0.25) is 0 Å². The predicted octanol–water partition coefficient (Wildman–Crippen LogP) is 2.56. The standard InChI is InChI=1S/C13H27NO/c1-11(2)8-13(10-15)14-9-12-6-4-3-5-7-12/h11-15H,3-10H2,1-2H3. The third-order valence-corrected chi connectivity index (χ3v) is 3.40. The summed E-state index contributed by atoms with van der Waals surface area (Å²) in [5.74, 6) is 1.53. The fourth-order valence-electron chi connectivity index (χ4n) is 2.52. The quantitative estimate of drug-likeness (QED) is 0.711. The Hall–Kier alpha value is -0.0800. The van der Waals surface area contributed by atoms with Gasteiger partial charge in [-0.25, -0.2) is 0 Å². The Bertz CT molecular complexity index is 153. The molecule has 0 aromatic rings. The molecule has 0 radical (unpaired) electrons. The number of aliphatic hydroxyl groups excluding tert-OH is 1. The van der Waals surface area contributed by atoms with Crippen LogP contribution in [0.2, 0.25) is 0 Å². The van der Waals surface area contributed by atoms with Crippen molar-refractivity contribution in [3.63, 3.8) is 0 Å². The average Bonchev–Trinajstić information content (AvgIpc) is 2.25. The average molecular weight is 213 g/mol. The van der Waals surface area contributed by atoms with E-state index in [9.17, 15) is 5.11 Å². The molecule has 1 rings (SSSR count). The molecule has 2 nitrogen and oxygen atoms in total. The summed E-state index contributed by atoms with van der Waals surface area (Å²) in [6.45, 7) is 5.82. The number of hydrogen-bond donors (Lipinski definition) is 2. The van der Waals surface area contributed by atoms with Gasteiger partial charge in [-0.15, -0.1) is 0 Å². The molecule has 0 heterocycles. The van der Waals surface area contributed by atoms with Crippen LogP contribution in [0.1, 0.15) is 52.4 Å². The second-order valence-corrected chi connectivity index (χ2v) is 5.42. The molecule has 1 fully saturated rings. The van der Waals surface area contributed by atoms with Gasteiger partial charge >= 0.3 is 0 Å². The summed E-state index contributed by atoms with van der Waals surface area (Å²) in [5.41, 5.74) is 0. The van der Waals surface area contributed by atoms with Gasteiger partial charge in [0.25, 0.3) is 0 Å². The summed E-state index contributed by atoms with van der Waals surface area (Å²) in [5, 5.41) is 12.8. The van der Waals surface area contributed by atoms with Gasteiger partial charge in [-0.2, -0.15) is 0 Å². The van der Waals surface area contributed by atoms with Crippen LogP contribution >= 0.6 is 0 Å². The Labute approximate surface area is 94.5 Å². The summed E-state index contributed by atoms with van der Waals surface area (Å²) in [7, 11) is 0. The maximum Gasteiger partial charge on any atom is 0.0584 e. The van der Waals surface area contributed by atoms with Crippen molar-refractivity contribution < 1.29 is 5.11 Å². The summed E-state index contributed by atoms with van der Waals surface area (Å²) >= 11 is 0. The number of hydrogen-bond acceptors (Lipinski definition) is 2. The molecule has 0 aliphatic heterocycles. The normalized spacial score (nSPS) is 20.8. The molecule has 0 bridgehead atoms. The van der Waals surface area contributed by atoms with Crippen molar-refractivity contribution in [2.24, 2.45) is 11.8 Å². The zero-order valence-electron chi connectivity index (χ0n) is 10.3. The molecule has 90 valence electrons. The van der Waals surface area contributed by atoms with E-state index in [2.05, 4.69) is 19.2 Å². The van der Waals surface area contributed by atoms with Gasteiger partial charge in [0.05, 0.1) is 6.61 Å². The molecule has 1 aliphatic rings. The molecule has 2 heteroatoms. The smallest absolute Gasteiger partial charge is 0.0584 e. The highest BCUT2D eigenvalue weighted by atomic mass is 16.3. The Morgan fingerprint density at radius 3 is 2.40 bits per heavy atom. The van der Waals surface area contributed by atoms with Gasteiger partial charge in [-0.1, -0.05) is 33.1 Å². The fraction of sp³-hybridized carbons (Fsp3) is 1.00. The van der Waals surface area contributed by atoms with E-state index in [4.69, 9.17) is 0 Å². The molecule has 0 spiro atoms. The largest absolute Gasteiger partial charge is 0.395 e. The molecule has 1 atom stereocenters. The van der Waals surface area contributed by atoms with Crippen LogP contribution in [0.5, 0.6) is 0 Å². The van der Waals surface area contributed by atoms with E-state index >= 15 is 0 Å². The van der Waals surface area contributed by atoms with E-state index in [1.54, 1.807) is 0 Å². The van der Waals surface area contributed by atoms with Crippen molar-refractivity contribution in [3.05, 3.63) is 0 Å². The lowest BCUT2D eigenvalue weighted by Gasteiger charge is -2.25. The molecule has 0 saturated heterocycles. The topological polar surface area (TPSA) is 32.3 Å². The summed E-state index contributed by atoms with van der Waals surface area (Å²) in [4.78, 5) is 0. The maximum absolute atomic E-state index is 9.24. The molecule has 0 aromatic heterocycles. The van der Waals surface area contributed by atoms with Crippen molar-refractivity contribution in [2.45, 2.75) is 58.4 Å². The van der Waals surface area contributed by atoms with Crippen LogP contribution in [0.3, 0.4) is 0 Å². The van der Waals surface area contributed by atoms with Crippen LogP contribution in [0.15, 0.2) is 0 Å². The van der Waals surface area contributed by atoms with Gasteiger partial charge in [0, 0.05) is 6.04 Å². The predicted molar refractivity (Wildman–Crippen MR) is 64.9 cm³/mol. The van der Waals surface area contributed by atoms with E-state index in [-0.39, 0.29) is 6.61 Å². The molecule has 2 N–H and O–H groups in total. The maximum atomic E-state index is 9.24. The lowest BCUT2D eigenvalue weighted by molar-refractivity contribution is 0.212. The molecule has 1 saturated carbocycles. The van der Waals surface area contributed by atoms with E-state index < -0.39 is 0 Å². The summed E-state index contributed by atoms with van der Waals surface area (Å²) in [6, 6.07) is 0.312. The first-order valence-electron chi connectivity index (χ1n) is 6.56. The van der Waals surface area contributed by atoms with Gasteiger partial charge in [-0.05, 0) is 37.6 Å². The highest BCUT2D eigenvalue weighted by molar-refractivity contribution is 4.73. The highest BCUT2D eigenvalue weighted by Crippen LogP contribution is 2.23. The van der Waals surface area contributed by atoms with Crippen LogP contribution in [-0.2, 0) is 0 Å². The first-order chi connectivity index (χ1) is 7.22. The third-order valence-electron chi connectivity index (χ3n) is 3.40. The van der Waals surface area contributed by atoms with Crippen LogP contribution in [-0.4, -0.2) is 24.3 Å². The van der Waals surface area contributed by atoms with Crippen molar-refractivity contribution in [1.82, 2.24) is 5.32 Å². The van der Waals surface area contributed by atoms with Crippen molar-refractivity contribution in [3.8, 4) is 0 Å². The minimum Gasteiger partial charge on any atom is -0.395 e. The summed E-state index contributed by atoms with van der Waals surface area (Å²) < 4.78 is 0. The van der Waals surface area contributed by atoms with Gasteiger partial charge < -0.3 is 10.4 Å². The number of aliphatic hydroxyl groups is 1. The lowest BCUT2D eigenvalue weighted by Crippen LogP contribution is -2.37. The molecular formula is C13H27NO. The Morgan fingerprint density at radius 2 is 1.87 bits per heavy atom. The first kappa shape index (κ1) is 13.0. The molecule has 15 heavy (non-hydrogen) atoms. The van der Waals surface area contributed by atoms with Crippen molar-refractivity contribution in [1.29, 1.82) is 0 Å². The van der Waals surface area contributed by atoms with E-state index in [0.29, 0.717) is 12.0 Å². The van der Waals surface area contributed by atoms with Crippen LogP contribution < -0.4 is 5.32 Å². The Morgan fingerprint density at radius 1 is 1.20 bits per heavy atom. The van der Waals surface area contributed by atoms with Crippen molar-refractivity contribution >= 4 is 0 Å². The Balaban J connectivity index is 2.14. The molecule has 0 aromatic carbocycles.